The summed E-state index contributed by atoms with van der Waals surface area (Å²) in [6, 6.07) is 5.12. The van der Waals surface area contributed by atoms with E-state index in [1.54, 1.807) is 11.4 Å². The van der Waals surface area contributed by atoms with E-state index in [-0.39, 0.29) is 4.21 Å². The second-order valence-electron chi connectivity index (χ2n) is 6.05. The van der Waals surface area contributed by atoms with Crippen LogP contribution in [0.5, 0.6) is 0 Å². The van der Waals surface area contributed by atoms with Crippen LogP contribution in [0, 0.1) is 11.3 Å². The monoisotopic (exact) mass is 439 g/mol. The molecule has 0 saturated heterocycles. The lowest BCUT2D eigenvalue weighted by molar-refractivity contribution is -0.151. The molecule has 0 spiro atoms. The standard InChI is InChI=1S/C17H17N3O5S3/c1-10(25-14(21)9-19-28(23,24)15-6-3-7-26-15)16(22)20-17-12(8-18)11-4-2-5-13(11)27-17/h3,6-7,10,19H,2,4-5,9H2,1H3,(H,20,22). The summed E-state index contributed by atoms with van der Waals surface area (Å²) in [4.78, 5) is 25.3. The molecule has 0 aromatic carbocycles. The lowest BCUT2D eigenvalue weighted by atomic mass is 10.1. The number of thiophene rings is 2. The Morgan fingerprint density at radius 2 is 2.18 bits per heavy atom. The Hall–Kier alpha value is -2.26. The molecule has 2 aromatic rings. The Balaban J connectivity index is 1.55. The van der Waals surface area contributed by atoms with E-state index < -0.39 is 34.5 Å². The highest BCUT2D eigenvalue weighted by molar-refractivity contribution is 7.91. The molecule has 11 heteroatoms. The van der Waals surface area contributed by atoms with E-state index in [2.05, 4.69) is 16.1 Å². The van der Waals surface area contributed by atoms with E-state index in [1.165, 1.54) is 24.3 Å². The quantitative estimate of drug-likeness (QED) is 0.636. The van der Waals surface area contributed by atoms with Crippen LogP contribution in [-0.4, -0.2) is 32.9 Å². The van der Waals surface area contributed by atoms with Gasteiger partial charge in [-0.15, -0.1) is 22.7 Å². The average molecular weight is 440 g/mol. The number of esters is 1. The Morgan fingerprint density at radius 1 is 1.39 bits per heavy atom. The van der Waals surface area contributed by atoms with Crippen LogP contribution in [0.1, 0.15) is 29.3 Å². The molecule has 1 aliphatic carbocycles. The molecule has 1 aliphatic rings. The summed E-state index contributed by atoms with van der Waals surface area (Å²) in [6.07, 6.45) is 1.57. The van der Waals surface area contributed by atoms with E-state index in [9.17, 15) is 23.3 Å². The number of nitriles is 1. The van der Waals surface area contributed by atoms with Crippen LogP contribution in [0.3, 0.4) is 0 Å². The van der Waals surface area contributed by atoms with Crippen LogP contribution in [0.2, 0.25) is 0 Å². The van der Waals surface area contributed by atoms with Crippen molar-refractivity contribution >= 4 is 49.6 Å². The SMILES string of the molecule is CC(OC(=O)CNS(=O)(=O)c1cccs1)C(=O)Nc1sc2c(c1C#N)CCC2. The minimum absolute atomic E-state index is 0.0841. The number of fused-ring (bicyclic) bond motifs is 1. The molecule has 2 aromatic heterocycles. The smallest absolute Gasteiger partial charge is 0.321 e. The Labute approximate surface area is 170 Å². The van der Waals surface area contributed by atoms with Gasteiger partial charge >= 0.3 is 5.97 Å². The molecular formula is C17H17N3O5S3. The molecule has 8 nitrogen and oxygen atoms in total. The van der Waals surface area contributed by atoms with Gasteiger partial charge in [-0.05, 0) is 43.2 Å². The Bertz CT molecular complexity index is 1040. The van der Waals surface area contributed by atoms with Gasteiger partial charge in [0.15, 0.2) is 6.10 Å². The number of hydrogen-bond acceptors (Lipinski definition) is 8. The lowest BCUT2D eigenvalue weighted by Gasteiger charge is -2.13. The third-order valence-electron chi connectivity index (χ3n) is 4.11. The number of nitrogens with one attached hydrogen (secondary N) is 2. The molecule has 2 heterocycles. The Kier molecular flexibility index (Phi) is 6.14. The largest absolute Gasteiger partial charge is 0.452 e. The predicted octanol–water partition coefficient (Wildman–Crippen LogP) is 2.02. The van der Waals surface area contributed by atoms with E-state index in [0.29, 0.717) is 10.6 Å². The number of rotatable bonds is 7. The van der Waals surface area contributed by atoms with E-state index in [4.69, 9.17) is 4.74 Å². The minimum atomic E-state index is -3.79. The molecule has 1 amide bonds. The summed E-state index contributed by atoms with van der Waals surface area (Å²) in [5.74, 6) is -1.46. The highest BCUT2D eigenvalue weighted by Gasteiger charge is 2.26. The van der Waals surface area contributed by atoms with E-state index >= 15 is 0 Å². The van der Waals surface area contributed by atoms with Gasteiger partial charge in [0.2, 0.25) is 0 Å². The fourth-order valence-corrected chi connectivity index (χ4v) is 6.01. The van der Waals surface area contributed by atoms with Crippen molar-refractivity contribution in [2.45, 2.75) is 36.5 Å². The molecule has 0 bridgehead atoms. The van der Waals surface area contributed by atoms with Crippen molar-refractivity contribution in [2.75, 3.05) is 11.9 Å². The third kappa shape index (κ3) is 4.41. The molecule has 1 atom stereocenters. The molecule has 28 heavy (non-hydrogen) atoms. The number of aryl methyl sites for hydroxylation is 1. The zero-order valence-corrected chi connectivity index (χ0v) is 17.3. The van der Waals surface area contributed by atoms with Gasteiger partial charge in [-0.3, -0.25) is 9.59 Å². The van der Waals surface area contributed by atoms with Gasteiger partial charge in [0.25, 0.3) is 15.9 Å². The number of carbonyl (C=O) groups excluding carboxylic acids is 2. The Morgan fingerprint density at radius 3 is 2.86 bits per heavy atom. The first-order valence-corrected chi connectivity index (χ1v) is 11.6. The molecule has 148 valence electrons. The third-order valence-corrected chi connectivity index (χ3v) is 8.12. The van der Waals surface area contributed by atoms with E-state index in [0.717, 1.165) is 41.0 Å². The lowest BCUT2D eigenvalue weighted by Crippen LogP contribution is -2.35. The summed E-state index contributed by atoms with van der Waals surface area (Å²) in [6.45, 7) is 0.795. The number of nitrogens with zero attached hydrogens (tertiary/aromatic N) is 1. The summed E-state index contributed by atoms with van der Waals surface area (Å²) in [5.41, 5.74) is 1.45. The van der Waals surface area contributed by atoms with Crippen LogP contribution in [0.15, 0.2) is 21.7 Å². The second kappa shape index (κ2) is 8.40. The highest BCUT2D eigenvalue weighted by atomic mass is 32.2. The number of anilines is 1. The van der Waals surface area contributed by atoms with Gasteiger partial charge < -0.3 is 10.1 Å². The van der Waals surface area contributed by atoms with Crippen LogP contribution in [-0.2, 0) is 37.2 Å². The summed E-state index contributed by atoms with van der Waals surface area (Å²) >= 11 is 2.39. The first-order chi connectivity index (χ1) is 13.3. The van der Waals surface area contributed by atoms with Crippen molar-refractivity contribution in [3.63, 3.8) is 0 Å². The fourth-order valence-electron chi connectivity index (χ4n) is 2.76. The van der Waals surface area contributed by atoms with Crippen molar-refractivity contribution in [3.05, 3.63) is 33.5 Å². The number of hydrogen-bond donors (Lipinski definition) is 2. The first-order valence-electron chi connectivity index (χ1n) is 8.40. The predicted molar refractivity (Wildman–Crippen MR) is 105 cm³/mol. The molecule has 0 aliphatic heterocycles. The zero-order valence-electron chi connectivity index (χ0n) is 14.9. The average Bonchev–Trinajstić information content (AvgIpc) is 3.37. The van der Waals surface area contributed by atoms with Crippen LogP contribution in [0.25, 0.3) is 0 Å². The maximum Gasteiger partial charge on any atom is 0.321 e. The minimum Gasteiger partial charge on any atom is -0.452 e. The van der Waals surface area contributed by atoms with Crippen LogP contribution < -0.4 is 10.0 Å². The van der Waals surface area contributed by atoms with Gasteiger partial charge in [-0.2, -0.15) is 9.98 Å². The van der Waals surface area contributed by atoms with Gasteiger partial charge in [0.1, 0.15) is 21.8 Å². The summed E-state index contributed by atoms with van der Waals surface area (Å²) in [7, 11) is -3.79. The van der Waals surface area contributed by atoms with Crippen LogP contribution in [0.4, 0.5) is 5.00 Å². The molecule has 1 unspecified atom stereocenters. The van der Waals surface area contributed by atoms with Crippen LogP contribution >= 0.6 is 22.7 Å². The molecule has 2 N–H and O–H groups in total. The second-order valence-corrected chi connectivity index (χ2v) is 10.1. The van der Waals surface area contributed by atoms with Gasteiger partial charge in [-0.25, -0.2) is 8.42 Å². The van der Waals surface area contributed by atoms with E-state index in [1.807, 2.05) is 0 Å². The number of ether oxygens (including phenoxy) is 1. The molecule has 3 rings (SSSR count). The van der Waals surface area contributed by atoms with Gasteiger partial charge in [0, 0.05) is 4.88 Å². The van der Waals surface area contributed by atoms with Crippen molar-refractivity contribution in [1.82, 2.24) is 4.72 Å². The first kappa shape index (κ1) is 20.5. The topological polar surface area (TPSA) is 125 Å². The molecule has 0 radical (unpaired) electrons. The normalized spacial score (nSPS) is 14.1. The summed E-state index contributed by atoms with van der Waals surface area (Å²) in [5, 5.41) is 14.0. The zero-order chi connectivity index (χ0) is 20.3. The fraction of sp³-hybridized carbons (Fsp3) is 0.353. The number of amides is 1. The van der Waals surface area contributed by atoms with Crippen molar-refractivity contribution in [3.8, 4) is 6.07 Å². The van der Waals surface area contributed by atoms with Gasteiger partial charge in [0.05, 0.1) is 5.56 Å². The molecule has 0 saturated carbocycles. The van der Waals surface area contributed by atoms with Crippen molar-refractivity contribution in [2.24, 2.45) is 0 Å². The number of carbonyl (C=O) groups is 2. The maximum atomic E-state index is 12.3. The molecule has 0 fully saturated rings. The van der Waals surface area contributed by atoms with Crippen molar-refractivity contribution in [1.29, 1.82) is 5.26 Å². The maximum absolute atomic E-state index is 12.3. The molecular weight excluding hydrogens is 422 g/mol. The number of sulfonamides is 1. The highest BCUT2D eigenvalue weighted by Crippen LogP contribution is 2.38. The van der Waals surface area contributed by atoms with Crippen molar-refractivity contribution < 1.29 is 22.7 Å². The van der Waals surface area contributed by atoms with Gasteiger partial charge in [-0.1, -0.05) is 6.07 Å². The summed E-state index contributed by atoms with van der Waals surface area (Å²) < 4.78 is 31.2.